The molecule has 0 aliphatic carbocycles. The fraction of sp³-hybridized carbons (Fsp3) is 0.350. The largest absolute Gasteiger partial charge is 0.480 e. The summed E-state index contributed by atoms with van der Waals surface area (Å²) in [6.07, 6.45) is 0.931. The molecule has 0 saturated heterocycles. The van der Waals surface area contributed by atoms with Crippen molar-refractivity contribution < 1.29 is 9.53 Å². The first-order valence-corrected chi connectivity index (χ1v) is 9.23. The number of benzene rings is 2. The van der Waals surface area contributed by atoms with Crippen LogP contribution >= 0.6 is 23.2 Å². The first-order chi connectivity index (χ1) is 12.0. The quantitative estimate of drug-likeness (QED) is 0.612. The molecule has 0 fully saturated rings. The minimum absolute atomic E-state index is 0.245. The van der Waals surface area contributed by atoms with Crippen molar-refractivity contribution in [3.05, 3.63) is 58.1 Å². The Morgan fingerprint density at radius 1 is 1.08 bits per heavy atom. The molecule has 0 aliphatic heterocycles. The van der Waals surface area contributed by atoms with E-state index in [1.54, 1.807) is 18.2 Å². The zero-order chi connectivity index (χ0) is 18.4. The van der Waals surface area contributed by atoms with Gasteiger partial charge in [-0.25, -0.2) is 0 Å². The molecule has 0 heterocycles. The third-order valence-electron chi connectivity index (χ3n) is 4.20. The number of ether oxygens (including phenoxy) is 1. The van der Waals surface area contributed by atoms with Crippen molar-refractivity contribution in [2.75, 3.05) is 5.32 Å². The lowest BCUT2D eigenvalue weighted by molar-refractivity contribution is -0.122. The van der Waals surface area contributed by atoms with Crippen LogP contribution in [0.5, 0.6) is 5.75 Å². The Kier molecular flexibility index (Phi) is 7.15. The van der Waals surface area contributed by atoms with Crippen LogP contribution in [-0.2, 0) is 4.79 Å². The van der Waals surface area contributed by atoms with Crippen LogP contribution in [-0.4, -0.2) is 12.0 Å². The minimum Gasteiger partial charge on any atom is -0.480 e. The molecule has 0 aliphatic rings. The van der Waals surface area contributed by atoms with Crippen molar-refractivity contribution in [1.82, 2.24) is 0 Å². The Hall–Kier alpha value is -1.71. The molecule has 5 heteroatoms. The number of carbonyl (C=O) groups excluding carboxylic acids is 1. The summed E-state index contributed by atoms with van der Waals surface area (Å²) in [4.78, 5) is 12.6. The second-order valence-corrected chi connectivity index (χ2v) is 6.74. The number of para-hydroxylation sites is 1. The monoisotopic (exact) mass is 379 g/mol. The second-order valence-electron chi connectivity index (χ2n) is 5.95. The smallest absolute Gasteiger partial charge is 0.265 e. The van der Waals surface area contributed by atoms with Crippen molar-refractivity contribution in [1.29, 1.82) is 0 Å². The third-order valence-corrected chi connectivity index (χ3v) is 5.02. The lowest BCUT2D eigenvalue weighted by atomic mass is 9.98. The van der Waals surface area contributed by atoms with E-state index >= 15 is 0 Å². The third kappa shape index (κ3) is 4.90. The molecule has 134 valence electrons. The molecular formula is C20H23Cl2NO2. The molecule has 0 bridgehead atoms. The highest BCUT2D eigenvalue weighted by molar-refractivity contribution is 6.44. The first kappa shape index (κ1) is 19.6. The van der Waals surface area contributed by atoms with Crippen LogP contribution in [0.25, 0.3) is 0 Å². The van der Waals surface area contributed by atoms with E-state index in [1.165, 1.54) is 0 Å². The van der Waals surface area contributed by atoms with Gasteiger partial charge in [-0.05, 0) is 42.5 Å². The number of nitrogens with one attached hydrogen (secondary N) is 1. The summed E-state index contributed by atoms with van der Waals surface area (Å²) < 4.78 is 6.03. The average molecular weight is 380 g/mol. The molecule has 0 saturated carbocycles. The molecule has 2 rings (SSSR count). The highest BCUT2D eigenvalue weighted by atomic mass is 35.5. The predicted octanol–water partition coefficient (Wildman–Crippen LogP) is 6.30. The molecule has 2 unspecified atom stereocenters. The van der Waals surface area contributed by atoms with Gasteiger partial charge in [0.15, 0.2) is 6.10 Å². The van der Waals surface area contributed by atoms with Gasteiger partial charge < -0.3 is 10.1 Å². The maximum Gasteiger partial charge on any atom is 0.265 e. The number of rotatable bonds is 7. The number of hydrogen-bond donors (Lipinski definition) is 1. The molecule has 25 heavy (non-hydrogen) atoms. The average Bonchev–Trinajstić information content (AvgIpc) is 2.63. The number of amides is 1. The number of anilines is 1. The van der Waals surface area contributed by atoms with Crippen molar-refractivity contribution in [3.63, 3.8) is 0 Å². The summed E-state index contributed by atoms with van der Waals surface area (Å²) in [6.45, 7) is 6.19. The lowest BCUT2D eigenvalue weighted by Gasteiger charge is -2.21. The standard InChI is InChI=1S/C20H23Cl2NO2/c1-4-13(3)14-9-6-7-12-18(14)25-17(5-2)20(24)23-16-11-8-10-15(21)19(16)22/h6-13,17H,4-5H2,1-3H3,(H,23,24). The topological polar surface area (TPSA) is 38.3 Å². The summed E-state index contributed by atoms with van der Waals surface area (Å²) in [7, 11) is 0. The van der Waals surface area contributed by atoms with Crippen LogP contribution < -0.4 is 10.1 Å². The van der Waals surface area contributed by atoms with Crippen LogP contribution in [0.15, 0.2) is 42.5 Å². The van der Waals surface area contributed by atoms with E-state index in [4.69, 9.17) is 27.9 Å². The maximum absolute atomic E-state index is 12.6. The van der Waals surface area contributed by atoms with Crippen LogP contribution in [0.3, 0.4) is 0 Å². The van der Waals surface area contributed by atoms with Gasteiger partial charge in [-0.2, -0.15) is 0 Å². The summed E-state index contributed by atoms with van der Waals surface area (Å²) >= 11 is 12.1. The van der Waals surface area contributed by atoms with E-state index in [9.17, 15) is 4.79 Å². The van der Waals surface area contributed by atoms with Crippen LogP contribution in [0.4, 0.5) is 5.69 Å². The van der Waals surface area contributed by atoms with Gasteiger partial charge >= 0.3 is 0 Å². The van der Waals surface area contributed by atoms with Gasteiger partial charge in [-0.3, -0.25) is 4.79 Å². The molecular weight excluding hydrogens is 357 g/mol. The summed E-state index contributed by atoms with van der Waals surface area (Å²) in [6, 6.07) is 13.0. The molecule has 2 aromatic rings. The highest BCUT2D eigenvalue weighted by Gasteiger charge is 2.21. The highest BCUT2D eigenvalue weighted by Crippen LogP contribution is 2.31. The lowest BCUT2D eigenvalue weighted by Crippen LogP contribution is -2.32. The Labute approximate surface area is 159 Å². The van der Waals surface area contributed by atoms with E-state index in [2.05, 4.69) is 19.2 Å². The Balaban J connectivity index is 2.17. The zero-order valence-electron chi connectivity index (χ0n) is 14.7. The summed E-state index contributed by atoms with van der Waals surface area (Å²) in [5.41, 5.74) is 1.59. The van der Waals surface area contributed by atoms with Gasteiger partial charge in [-0.15, -0.1) is 0 Å². The number of halogens is 2. The van der Waals surface area contributed by atoms with E-state index in [0.717, 1.165) is 17.7 Å². The molecule has 1 amide bonds. The Morgan fingerprint density at radius 2 is 1.80 bits per heavy atom. The SMILES string of the molecule is CCC(Oc1ccccc1C(C)CC)C(=O)Nc1cccc(Cl)c1Cl. The van der Waals surface area contributed by atoms with Gasteiger partial charge in [0, 0.05) is 0 Å². The fourth-order valence-electron chi connectivity index (χ4n) is 2.50. The van der Waals surface area contributed by atoms with Gasteiger partial charge in [-0.1, -0.05) is 68.2 Å². The maximum atomic E-state index is 12.6. The normalized spacial score (nSPS) is 13.2. The molecule has 0 radical (unpaired) electrons. The molecule has 3 nitrogen and oxygen atoms in total. The van der Waals surface area contributed by atoms with E-state index < -0.39 is 6.10 Å². The number of hydrogen-bond acceptors (Lipinski definition) is 2. The Morgan fingerprint density at radius 3 is 2.48 bits per heavy atom. The zero-order valence-corrected chi connectivity index (χ0v) is 16.2. The van der Waals surface area contributed by atoms with E-state index in [1.807, 2.05) is 31.2 Å². The minimum atomic E-state index is -0.611. The van der Waals surface area contributed by atoms with E-state index in [-0.39, 0.29) is 5.91 Å². The van der Waals surface area contributed by atoms with E-state index in [0.29, 0.717) is 28.1 Å². The van der Waals surface area contributed by atoms with Crippen molar-refractivity contribution in [2.45, 2.75) is 45.6 Å². The fourth-order valence-corrected chi connectivity index (χ4v) is 2.85. The van der Waals surface area contributed by atoms with Crippen LogP contribution in [0.1, 0.15) is 45.1 Å². The van der Waals surface area contributed by atoms with Crippen LogP contribution in [0.2, 0.25) is 10.0 Å². The molecule has 1 N–H and O–H groups in total. The Bertz CT molecular complexity index is 733. The van der Waals surface area contributed by atoms with Crippen molar-refractivity contribution in [2.24, 2.45) is 0 Å². The second kappa shape index (κ2) is 9.12. The summed E-state index contributed by atoms with van der Waals surface area (Å²) in [5.74, 6) is 0.862. The summed E-state index contributed by atoms with van der Waals surface area (Å²) in [5, 5.41) is 3.53. The van der Waals surface area contributed by atoms with Gasteiger partial charge in [0.2, 0.25) is 0 Å². The number of carbonyl (C=O) groups is 1. The molecule has 0 aromatic heterocycles. The van der Waals surface area contributed by atoms with Crippen molar-refractivity contribution in [3.8, 4) is 5.75 Å². The first-order valence-electron chi connectivity index (χ1n) is 8.48. The predicted molar refractivity (Wildman–Crippen MR) is 105 cm³/mol. The van der Waals surface area contributed by atoms with Crippen molar-refractivity contribution >= 4 is 34.8 Å². The van der Waals surface area contributed by atoms with Gasteiger partial charge in [0.05, 0.1) is 15.7 Å². The van der Waals surface area contributed by atoms with Gasteiger partial charge in [0.1, 0.15) is 5.75 Å². The molecule has 2 aromatic carbocycles. The van der Waals surface area contributed by atoms with Gasteiger partial charge in [0.25, 0.3) is 5.91 Å². The molecule has 2 atom stereocenters. The van der Waals surface area contributed by atoms with Crippen LogP contribution in [0, 0.1) is 0 Å². The molecule has 0 spiro atoms.